The molecule has 5 rings (SSSR count). The van der Waals surface area contributed by atoms with E-state index in [9.17, 15) is 4.79 Å². The Hall–Kier alpha value is -2.13. The van der Waals surface area contributed by atoms with Crippen molar-refractivity contribution >= 4 is 42.8 Å². The highest BCUT2D eigenvalue weighted by atomic mass is 79.9. The second-order valence-corrected chi connectivity index (χ2v) is 9.71. The molecule has 8 heteroatoms. The van der Waals surface area contributed by atoms with Gasteiger partial charge in [-0.05, 0) is 58.8 Å². The molecule has 1 atom stereocenters. The first kappa shape index (κ1) is 21.7. The molecule has 3 aromatic rings. The van der Waals surface area contributed by atoms with Crippen molar-refractivity contribution in [1.29, 1.82) is 0 Å². The largest absolute Gasteiger partial charge is 0.489 e. The Bertz CT molecular complexity index is 1260. The summed E-state index contributed by atoms with van der Waals surface area (Å²) in [6.07, 6.45) is 1.99. The second kappa shape index (κ2) is 9.02. The molecule has 1 N–H and O–H groups in total. The van der Waals surface area contributed by atoms with Crippen LogP contribution in [-0.2, 0) is 4.74 Å². The van der Waals surface area contributed by atoms with E-state index in [0.29, 0.717) is 17.9 Å². The molecular formula is C24H22Br2NO5+. The van der Waals surface area contributed by atoms with Crippen LogP contribution in [0.3, 0.4) is 0 Å². The minimum Gasteiger partial charge on any atom is -0.489 e. The van der Waals surface area contributed by atoms with Crippen molar-refractivity contribution in [2.45, 2.75) is 13.0 Å². The number of rotatable bonds is 4. The van der Waals surface area contributed by atoms with Gasteiger partial charge < -0.3 is 23.5 Å². The molecule has 166 valence electrons. The average molecular weight is 564 g/mol. The first-order chi connectivity index (χ1) is 15.5. The zero-order valence-electron chi connectivity index (χ0n) is 17.5. The summed E-state index contributed by atoms with van der Waals surface area (Å²) >= 11 is 7.24. The van der Waals surface area contributed by atoms with E-state index in [4.69, 9.17) is 18.6 Å². The molecular weight excluding hydrogens is 542 g/mol. The van der Waals surface area contributed by atoms with Gasteiger partial charge in [-0.1, -0.05) is 15.9 Å². The summed E-state index contributed by atoms with van der Waals surface area (Å²) in [7, 11) is 0. The van der Waals surface area contributed by atoms with Gasteiger partial charge in [0.1, 0.15) is 31.0 Å². The third-order valence-corrected chi connectivity index (χ3v) is 6.90. The van der Waals surface area contributed by atoms with Crippen LogP contribution in [0.25, 0.3) is 11.0 Å². The Morgan fingerprint density at radius 3 is 2.78 bits per heavy atom. The Balaban J connectivity index is 1.40. The van der Waals surface area contributed by atoms with Crippen molar-refractivity contribution in [3.63, 3.8) is 0 Å². The van der Waals surface area contributed by atoms with Crippen molar-refractivity contribution in [3.05, 3.63) is 78.7 Å². The number of halogens is 2. The van der Waals surface area contributed by atoms with Gasteiger partial charge in [-0.3, -0.25) is 0 Å². The molecule has 0 saturated carbocycles. The lowest BCUT2D eigenvalue weighted by atomic mass is 10.0. The molecule has 0 aliphatic carbocycles. The summed E-state index contributed by atoms with van der Waals surface area (Å²) in [5.74, 6) is 2.36. The molecule has 32 heavy (non-hydrogen) atoms. The monoisotopic (exact) mass is 562 g/mol. The minimum absolute atomic E-state index is 0.0866. The van der Waals surface area contributed by atoms with E-state index in [2.05, 4.69) is 37.9 Å². The van der Waals surface area contributed by atoms with E-state index in [1.54, 1.807) is 6.07 Å². The highest BCUT2D eigenvalue weighted by molar-refractivity contribution is 9.11. The highest BCUT2D eigenvalue weighted by Gasteiger charge is 2.40. The maximum Gasteiger partial charge on any atom is 0.336 e. The van der Waals surface area contributed by atoms with Crippen LogP contribution in [0.5, 0.6) is 11.5 Å². The van der Waals surface area contributed by atoms with Gasteiger partial charge in [-0.2, -0.15) is 0 Å². The maximum absolute atomic E-state index is 11.7. The molecule has 0 amide bonds. The van der Waals surface area contributed by atoms with E-state index in [0.717, 1.165) is 63.3 Å². The molecule has 6 nitrogen and oxygen atoms in total. The fraction of sp³-hybridized carbons (Fsp3) is 0.292. The van der Waals surface area contributed by atoms with Crippen molar-refractivity contribution in [1.82, 2.24) is 0 Å². The van der Waals surface area contributed by atoms with Crippen LogP contribution in [-0.4, -0.2) is 32.9 Å². The predicted molar refractivity (Wildman–Crippen MR) is 128 cm³/mol. The first-order valence-electron chi connectivity index (χ1n) is 10.5. The number of nitrogens with one attached hydrogen (secondary N) is 1. The summed E-state index contributed by atoms with van der Waals surface area (Å²) in [4.78, 5) is 13.1. The normalized spacial score (nSPS) is 19.8. The Morgan fingerprint density at radius 2 is 1.97 bits per heavy atom. The summed E-state index contributed by atoms with van der Waals surface area (Å²) in [6.45, 7) is 5.54. The SMILES string of the molecule is Cc1cc(=O)oc2cc(OC/C=C3/Oc4c(Br)cc(Br)cc4[C@@H]3[NH+]3CCOCC3)ccc12. The van der Waals surface area contributed by atoms with E-state index >= 15 is 0 Å². The van der Waals surface area contributed by atoms with E-state index in [1.807, 2.05) is 31.2 Å². The molecule has 2 aliphatic rings. The zero-order valence-corrected chi connectivity index (χ0v) is 20.6. The van der Waals surface area contributed by atoms with Crippen LogP contribution in [0.1, 0.15) is 17.2 Å². The van der Waals surface area contributed by atoms with Crippen LogP contribution < -0.4 is 20.0 Å². The summed E-state index contributed by atoms with van der Waals surface area (Å²) in [5.41, 5.74) is 2.20. The summed E-state index contributed by atoms with van der Waals surface area (Å²) in [5, 5.41) is 0.899. The summed E-state index contributed by atoms with van der Waals surface area (Å²) < 4.78 is 25.1. The number of quaternary nitrogens is 1. The fourth-order valence-electron chi connectivity index (χ4n) is 4.35. The zero-order chi connectivity index (χ0) is 22.2. The van der Waals surface area contributed by atoms with Crippen LogP contribution in [0.2, 0.25) is 0 Å². The standard InChI is InChI=1S/C24H21Br2NO5/c1-14-10-22(28)31-21-13-16(2-3-17(14)21)30-7-4-20-23(27-5-8-29-9-6-27)18-11-15(25)12-19(26)24(18)32-20/h2-4,10-13,23H,5-9H2,1H3/p+1/b20-4+/t23-/m0/s1. The minimum atomic E-state index is -0.362. The molecule has 0 unspecified atom stereocenters. The number of hydrogen-bond acceptors (Lipinski definition) is 5. The Morgan fingerprint density at radius 1 is 1.16 bits per heavy atom. The average Bonchev–Trinajstić information content (AvgIpc) is 3.12. The molecule has 0 radical (unpaired) electrons. The smallest absolute Gasteiger partial charge is 0.336 e. The molecule has 1 aromatic heterocycles. The van der Waals surface area contributed by atoms with Gasteiger partial charge in [0, 0.05) is 22.0 Å². The molecule has 1 fully saturated rings. The first-order valence-corrected chi connectivity index (χ1v) is 12.0. The number of morpholine rings is 1. The van der Waals surface area contributed by atoms with Gasteiger partial charge in [0.2, 0.25) is 0 Å². The lowest BCUT2D eigenvalue weighted by Gasteiger charge is -2.29. The third kappa shape index (κ3) is 4.24. The Labute approximate surface area is 202 Å². The van der Waals surface area contributed by atoms with Gasteiger partial charge in [-0.15, -0.1) is 0 Å². The maximum atomic E-state index is 11.7. The van der Waals surface area contributed by atoms with Gasteiger partial charge in [0.05, 0.1) is 23.2 Å². The predicted octanol–water partition coefficient (Wildman–Crippen LogP) is 3.94. The molecule has 1 saturated heterocycles. The van der Waals surface area contributed by atoms with Crippen molar-refractivity contribution in [3.8, 4) is 11.5 Å². The number of hydrogen-bond donors (Lipinski definition) is 1. The van der Waals surface area contributed by atoms with Gasteiger partial charge in [0.15, 0.2) is 17.6 Å². The van der Waals surface area contributed by atoms with Crippen LogP contribution in [0, 0.1) is 6.92 Å². The topological polar surface area (TPSA) is 62.3 Å². The lowest BCUT2D eigenvalue weighted by Crippen LogP contribution is -3.14. The quantitative estimate of drug-likeness (QED) is 0.487. The number of benzene rings is 2. The number of ether oxygens (including phenoxy) is 3. The second-order valence-electron chi connectivity index (χ2n) is 7.94. The molecule has 2 aliphatic heterocycles. The molecule has 2 aromatic carbocycles. The Kier molecular flexibility index (Phi) is 6.11. The van der Waals surface area contributed by atoms with E-state index in [1.165, 1.54) is 11.0 Å². The van der Waals surface area contributed by atoms with E-state index < -0.39 is 0 Å². The van der Waals surface area contributed by atoms with Crippen LogP contribution >= 0.6 is 31.9 Å². The molecule has 0 spiro atoms. The third-order valence-electron chi connectivity index (χ3n) is 5.85. The van der Waals surface area contributed by atoms with Gasteiger partial charge >= 0.3 is 5.63 Å². The number of aryl methyl sites for hydroxylation is 1. The van der Waals surface area contributed by atoms with Crippen molar-refractivity contribution < 1.29 is 23.5 Å². The molecule has 3 heterocycles. The van der Waals surface area contributed by atoms with E-state index in [-0.39, 0.29) is 11.7 Å². The van der Waals surface area contributed by atoms with Gasteiger partial charge in [-0.25, -0.2) is 4.79 Å². The number of fused-ring (bicyclic) bond motifs is 2. The molecule has 0 bridgehead atoms. The van der Waals surface area contributed by atoms with Gasteiger partial charge in [0.25, 0.3) is 0 Å². The van der Waals surface area contributed by atoms with Crippen molar-refractivity contribution in [2.24, 2.45) is 0 Å². The fourth-order valence-corrected chi connectivity index (χ4v) is 5.69. The highest BCUT2D eigenvalue weighted by Crippen LogP contribution is 2.44. The lowest BCUT2D eigenvalue weighted by molar-refractivity contribution is -0.933. The van der Waals surface area contributed by atoms with Crippen LogP contribution in [0.4, 0.5) is 0 Å². The van der Waals surface area contributed by atoms with Crippen LogP contribution in [0.15, 0.2) is 66.4 Å². The van der Waals surface area contributed by atoms with Crippen molar-refractivity contribution in [2.75, 3.05) is 32.9 Å². The summed E-state index contributed by atoms with van der Waals surface area (Å²) in [6, 6.07) is 11.3.